The van der Waals surface area contributed by atoms with Crippen LogP contribution in [-0.4, -0.2) is 55.2 Å². The maximum atomic E-state index is 5.50. The molecule has 0 radical (unpaired) electrons. The first-order valence-corrected chi connectivity index (χ1v) is 5.98. The van der Waals surface area contributed by atoms with E-state index in [2.05, 4.69) is 23.6 Å². The van der Waals surface area contributed by atoms with E-state index >= 15 is 0 Å². The van der Waals surface area contributed by atoms with Gasteiger partial charge in [-0.15, -0.1) is 0 Å². The predicted molar refractivity (Wildman–Crippen MR) is 58.3 cm³/mol. The van der Waals surface area contributed by atoms with Gasteiger partial charge < -0.3 is 9.47 Å². The lowest BCUT2D eigenvalue weighted by Gasteiger charge is -2.29. The quantitative estimate of drug-likeness (QED) is 0.699. The SMILES string of the molecule is CC[C@@H]1COCN1CN1COC[C@H]1CC. The first-order valence-electron chi connectivity index (χ1n) is 5.98. The molecule has 2 atom stereocenters. The minimum atomic E-state index is 0.600. The molecule has 0 aromatic heterocycles. The maximum Gasteiger partial charge on any atom is 0.100 e. The Kier molecular flexibility index (Phi) is 3.97. The highest BCUT2D eigenvalue weighted by Gasteiger charge is 2.30. The van der Waals surface area contributed by atoms with E-state index in [9.17, 15) is 0 Å². The Labute approximate surface area is 92.1 Å². The standard InChI is InChI=1S/C11H22N2O2/c1-3-10-5-14-8-12(10)7-13-9-15-6-11(13)4-2/h10-11H,3-9H2,1-2H3/t10-,11-/m1/s1. The van der Waals surface area contributed by atoms with Gasteiger partial charge in [0.2, 0.25) is 0 Å². The average Bonchev–Trinajstić information content (AvgIpc) is 2.87. The summed E-state index contributed by atoms with van der Waals surface area (Å²) in [7, 11) is 0. The van der Waals surface area contributed by atoms with Gasteiger partial charge in [-0.1, -0.05) is 13.8 Å². The van der Waals surface area contributed by atoms with E-state index in [-0.39, 0.29) is 0 Å². The molecule has 0 amide bonds. The summed E-state index contributed by atoms with van der Waals surface area (Å²) in [5, 5.41) is 0. The summed E-state index contributed by atoms with van der Waals surface area (Å²) in [6.07, 6.45) is 2.34. The van der Waals surface area contributed by atoms with Gasteiger partial charge in [0.1, 0.15) is 13.5 Å². The van der Waals surface area contributed by atoms with Crippen LogP contribution in [0.15, 0.2) is 0 Å². The van der Waals surface area contributed by atoms with Gasteiger partial charge in [-0.2, -0.15) is 0 Å². The third kappa shape index (κ3) is 2.50. The van der Waals surface area contributed by atoms with Crippen molar-refractivity contribution in [3.05, 3.63) is 0 Å². The summed E-state index contributed by atoms with van der Waals surface area (Å²) >= 11 is 0. The zero-order valence-electron chi connectivity index (χ0n) is 9.82. The van der Waals surface area contributed by atoms with Gasteiger partial charge >= 0.3 is 0 Å². The monoisotopic (exact) mass is 214 g/mol. The normalized spacial score (nSPS) is 34.0. The molecular weight excluding hydrogens is 192 g/mol. The molecular formula is C11H22N2O2. The predicted octanol–water partition coefficient (Wildman–Crippen LogP) is 1.08. The fourth-order valence-corrected chi connectivity index (χ4v) is 2.33. The number of hydrogen-bond acceptors (Lipinski definition) is 4. The Morgan fingerprint density at radius 1 is 0.933 bits per heavy atom. The molecule has 2 aliphatic rings. The van der Waals surface area contributed by atoms with Crippen molar-refractivity contribution in [1.29, 1.82) is 0 Å². The van der Waals surface area contributed by atoms with Crippen molar-refractivity contribution >= 4 is 0 Å². The second-order valence-electron chi connectivity index (χ2n) is 4.44. The van der Waals surface area contributed by atoms with Gasteiger partial charge in [-0.3, -0.25) is 9.80 Å². The first-order chi connectivity index (χ1) is 7.35. The summed E-state index contributed by atoms with van der Waals surface area (Å²) in [5.41, 5.74) is 0. The second-order valence-corrected chi connectivity index (χ2v) is 4.44. The summed E-state index contributed by atoms with van der Waals surface area (Å²) in [5.74, 6) is 0. The smallest absolute Gasteiger partial charge is 0.100 e. The van der Waals surface area contributed by atoms with Gasteiger partial charge in [0.15, 0.2) is 0 Å². The van der Waals surface area contributed by atoms with Crippen LogP contribution in [-0.2, 0) is 9.47 Å². The second kappa shape index (κ2) is 5.25. The van der Waals surface area contributed by atoms with E-state index in [0.29, 0.717) is 12.1 Å². The molecule has 0 aromatic carbocycles. The van der Waals surface area contributed by atoms with Crippen molar-refractivity contribution in [3.63, 3.8) is 0 Å². The van der Waals surface area contributed by atoms with Gasteiger partial charge in [0.25, 0.3) is 0 Å². The van der Waals surface area contributed by atoms with Gasteiger partial charge in [0.05, 0.1) is 19.9 Å². The van der Waals surface area contributed by atoms with Crippen LogP contribution in [0.2, 0.25) is 0 Å². The summed E-state index contributed by atoms with van der Waals surface area (Å²) in [6, 6.07) is 1.20. The zero-order chi connectivity index (χ0) is 10.7. The highest BCUT2D eigenvalue weighted by atomic mass is 16.5. The number of nitrogens with zero attached hydrogens (tertiary/aromatic N) is 2. The van der Waals surface area contributed by atoms with Gasteiger partial charge in [-0.25, -0.2) is 0 Å². The van der Waals surface area contributed by atoms with E-state index in [1.54, 1.807) is 0 Å². The molecule has 2 fully saturated rings. The van der Waals surface area contributed by atoms with Crippen LogP contribution in [0.5, 0.6) is 0 Å². The fourth-order valence-electron chi connectivity index (χ4n) is 2.33. The number of ether oxygens (including phenoxy) is 2. The summed E-state index contributed by atoms with van der Waals surface area (Å²) in [4.78, 5) is 4.83. The number of rotatable bonds is 4. The third-order valence-corrected chi connectivity index (χ3v) is 3.47. The van der Waals surface area contributed by atoms with Crippen LogP contribution in [0.25, 0.3) is 0 Å². The molecule has 88 valence electrons. The minimum absolute atomic E-state index is 0.600. The lowest BCUT2D eigenvalue weighted by molar-refractivity contribution is 0.0525. The molecule has 0 bridgehead atoms. The van der Waals surface area contributed by atoms with E-state index in [4.69, 9.17) is 9.47 Å². The van der Waals surface area contributed by atoms with Crippen LogP contribution >= 0.6 is 0 Å². The molecule has 0 aliphatic carbocycles. The lowest BCUT2D eigenvalue weighted by atomic mass is 10.2. The van der Waals surface area contributed by atoms with Crippen molar-refractivity contribution in [2.24, 2.45) is 0 Å². The Morgan fingerprint density at radius 3 is 1.80 bits per heavy atom. The highest BCUT2D eigenvalue weighted by molar-refractivity contribution is 4.77. The average molecular weight is 214 g/mol. The van der Waals surface area contributed by atoms with E-state index in [1.165, 1.54) is 12.8 Å². The topological polar surface area (TPSA) is 24.9 Å². The molecule has 2 saturated heterocycles. The van der Waals surface area contributed by atoms with Gasteiger partial charge in [0, 0.05) is 12.1 Å². The van der Waals surface area contributed by atoms with Crippen LogP contribution in [0.1, 0.15) is 26.7 Å². The molecule has 2 rings (SSSR count). The first kappa shape index (κ1) is 11.3. The van der Waals surface area contributed by atoms with Crippen molar-refractivity contribution in [2.75, 3.05) is 33.3 Å². The third-order valence-electron chi connectivity index (χ3n) is 3.47. The van der Waals surface area contributed by atoms with E-state index in [0.717, 1.165) is 33.3 Å². The molecule has 4 heteroatoms. The fraction of sp³-hybridized carbons (Fsp3) is 1.00. The lowest BCUT2D eigenvalue weighted by Crippen LogP contribution is -2.43. The van der Waals surface area contributed by atoms with Crippen molar-refractivity contribution in [3.8, 4) is 0 Å². The Morgan fingerprint density at radius 2 is 1.40 bits per heavy atom. The van der Waals surface area contributed by atoms with Crippen molar-refractivity contribution in [1.82, 2.24) is 9.80 Å². The minimum Gasteiger partial charge on any atom is -0.364 e. The Balaban J connectivity index is 1.84. The largest absolute Gasteiger partial charge is 0.364 e. The number of hydrogen-bond donors (Lipinski definition) is 0. The Hall–Kier alpha value is -0.160. The summed E-state index contributed by atoms with van der Waals surface area (Å²) < 4.78 is 11.0. The molecule has 0 unspecified atom stereocenters. The van der Waals surface area contributed by atoms with Crippen LogP contribution < -0.4 is 0 Å². The Bertz CT molecular complexity index is 181. The van der Waals surface area contributed by atoms with E-state index in [1.807, 2.05) is 0 Å². The van der Waals surface area contributed by atoms with Gasteiger partial charge in [-0.05, 0) is 12.8 Å². The van der Waals surface area contributed by atoms with Crippen LogP contribution in [0.3, 0.4) is 0 Å². The molecule has 0 aromatic rings. The molecule has 2 heterocycles. The van der Waals surface area contributed by atoms with E-state index < -0.39 is 0 Å². The zero-order valence-corrected chi connectivity index (χ0v) is 9.82. The summed E-state index contributed by atoms with van der Waals surface area (Å²) in [6.45, 7) is 8.80. The van der Waals surface area contributed by atoms with Crippen LogP contribution in [0.4, 0.5) is 0 Å². The molecule has 15 heavy (non-hydrogen) atoms. The van der Waals surface area contributed by atoms with Crippen molar-refractivity contribution < 1.29 is 9.47 Å². The van der Waals surface area contributed by atoms with Crippen molar-refractivity contribution in [2.45, 2.75) is 38.8 Å². The molecule has 4 nitrogen and oxygen atoms in total. The van der Waals surface area contributed by atoms with Crippen LogP contribution in [0, 0.1) is 0 Å². The maximum absolute atomic E-state index is 5.50. The molecule has 0 spiro atoms. The molecule has 0 N–H and O–H groups in total. The molecule has 2 aliphatic heterocycles. The molecule has 0 saturated carbocycles. The highest BCUT2D eigenvalue weighted by Crippen LogP contribution is 2.18.